The highest BCUT2D eigenvalue weighted by Crippen LogP contribution is 2.39. The Morgan fingerprint density at radius 1 is 0.833 bits per heavy atom. The molecule has 0 aliphatic rings. The standard InChI is InChI=1S/C21H20F5NO8S/c1-31-13-10-16(33-3)14(17(11-13)34-4)7-8-36(29,30)27-12-5-6-15(32-2)18(9-12)35-19(28)20(22,23)21(24,25)26/h5-11,27H,1-4H3/b8-7+. The number of ether oxygens (including phenoxy) is 5. The Kier molecular flexibility index (Phi) is 8.62. The molecule has 36 heavy (non-hydrogen) atoms. The van der Waals surface area contributed by atoms with Gasteiger partial charge in [0.05, 0.1) is 45.1 Å². The van der Waals surface area contributed by atoms with Gasteiger partial charge in [0.25, 0.3) is 10.0 Å². The number of methoxy groups -OCH3 is 4. The van der Waals surface area contributed by atoms with Crippen LogP contribution in [-0.4, -0.2) is 54.9 Å². The molecule has 1 N–H and O–H groups in total. The molecule has 9 nitrogen and oxygen atoms in total. The molecule has 0 saturated carbocycles. The second-order valence-corrected chi connectivity index (χ2v) is 8.29. The van der Waals surface area contributed by atoms with Crippen LogP contribution in [-0.2, 0) is 14.8 Å². The summed E-state index contributed by atoms with van der Waals surface area (Å²) in [6.45, 7) is 0. The normalized spacial score (nSPS) is 12.2. The van der Waals surface area contributed by atoms with Crippen molar-refractivity contribution in [3.8, 4) is 28.7 Å². The predicted molar refractivity (Wildman–Crippen MR) is 117 cm³/mol. The molecular weight excluding hydrogens is 521 g/mol. The molecule has 0 aliphatic carbocycles. The van der Waals surface area contributed by atoms with Crippen LogP contribution >= 0.6 is 0 Å². The van der Waals surface area contributed by atoms with Gasteiger partial charge in [-0.15, -0.1) is 0 Å². The minimum Gasteiger partial charge on any atom is -0.496 e. The Hall–Kier alpha value is -3.75. The molecule has 2 rings (SSSR count). The van der Waals surface area contributed by atoms with Crippen molar-refractivity contribution in [3.63, 3.8) is 0 Å². The fourth-order valence-corrected chi connectivity index (χ4v) is 3.49. The van der Waals surface area contributed by atoms with Crippen molar-refractivity contribution in [2.45, 2.75) is 12.1 Å². The molecule has 0 atom stereocenters. The van der Waals surface area contributed by atoms with E-state index in [1.807, 2.05) is 4.72 Å². The summed E-state index contributed by atoms with van der Waals surface area (Å²) in [5.74, 6) is -9.23. The Morgan fingerprint density at radius 2 is 1.39 bits per heavy atom. The predicted octanol–water partition coefficient (Wildman–Crippen LogP) is 4.24. The van der Waals surface area contributed by atoms with Gasteiger partial charge >= 0.3 is 18.1 Å². The highest BCUT2D eigenvalue weighted by atomic mass is 32.2. The smallest absolute Gasteiger partial charge is 0.465 e. The first-order valence-electron chi connectivity index (χ1n) is 9.54. The largest absolute Gasteiger partial charge is 0.496 e. The highest BCUT2D eigenvalue weighted by Gasteiger charge is 2.65. The van der Waals surface area contributed by atoms with Gasteiger partial charge in [-0.2, -0.15) is 22.0 Å². The van der Waals surface area contributed by atoms with Crippen LogP contribution < -0.4 is 28.4 Å². The first kappa shape index (κ1) is 28.5. The van der Waals surface area contributed by atoms with Crippen molar-refractivity contribution in [1.29, 1.82) is 0 Å². The average molecular weight is 541 g/mol. The fraction of sp³-hybridized carbons (Fsp3) is 0.286. The van der Waals surface area contributed by atoms with Crippen LogP contribution in [0.1, 0.15) is 5.56 Å². The second kappa shape index (κ2) is 10.9. The quantitative estimate of drug-likeness (QED) is 0.270. The summed E-state index contributed by atoms with van der Waals surface area (Å²) >= 11 is 0. The third kappa shape index (κ3) is 6.47. The third-order valence-electron chi connectivity index (χ3n) is 4.41. The van der Waals surface area contributed by atoms with Gasteiger partial charge in [0.15, 0.2) is 11.5 Å². The summed E-state index contributed by atoms with van der Waals surface area (Å²) in [5, 5.41) is 0.716. The lowest BCUT2D eigenvalue weighted by atomic mass is 10.1. The Balaban J connectivity index is 2.35. The van der Waals surface area contributed by atoms with E-state index in [-0.39, 0.29) is 22.7 Å². The van der Waals surface area contributed by atoms with Crippen LogP contribution in [0.15, 0.2) is 35.7 Å². The molecule has 15 heteroatoms. The number of halogens is 5. The molecule has 0 amide bonds. The van der Waals surface area contributed by atoms with E-state index in [9.17, 15) is 35.2 Å². The molecule has 0 radical (unpaired) electrons. The molecule has 0 fully saturated rings. The van der Waals surface area contributed by atoms with Crippen LogP contribution in [0, 0.1) is 0 Å². The number of anilines is 1. The van der Waals surface area contributed by atoms with Crippen LogP contribution in [0.25, 0.3) is 6.08 Å². The first-order chi connectivity index (χ1) is 16.7. The Bertz CT molecular complexity index is 1220. The van der Waals surface area contributed by atoms with Crippen molar-refractivity contribution in [1.82, 2.24) is 0 Å². The molecule has 2 aromatic carbocycles. The zero-order valence-corrected chi connectivity index (χ0v) is 19.9. The van der Waals surface area contributed by atoms with Crippen LogP contribution in [0.2, 0.25) is 0 Å². The Morgan fingerprint density at radius 3 is 1.86 bits per heavy atom. The second-order valence-electron chi connectivity index (χ2n) is 6.72. The number of nitrogens with one attached hydrogen (secondary N) is 1. The van der Waals surface area contributed by atoms with E-state index in [0.717, 1.165) is 25.3 Å². The first-order valence-corrected chi connectivity index (χ1v) is 11.1. The summed E-state index contributed by atoms with van der Waals surface area (Å²) in [7, 11) is 0.801. The number of sulfonamides is 1. The van der Waals surface area contributed by atoms with Crippen molar-refractivity contribution in [2.24, 2.45) is 0 Å². The number of alkyl halides is 5. The lowest BCUT2D eigenvalue weighted by Crippen LogP contribution is -2.46. The molecule has 0 unspecified atom stereocenters. The van der Waals surface area contributed by atoms with Gasteiger partial charge < -0.3 is 23.7 Å². The third-order valence-corrected chi connectivity index (χ3v) is 5.42. The van der Waals surface area contributed by atoms with Crippen molar-refractivity contribution >= 4 is 27.8 Å². The highest BCUT2D eigenvalue weighted by molar-refractivity contribution is 7.95. The van der Waals surface area contributed by atoms with Crippen molar-refractivity contribution < 1.29 is 58.8 Å². The summed E-state index contributed by atoms with van der Waals surface area (Å²) < 4.78 is 115. The molecule has 0 spiro atoms. The molecule has 198 valence electrons. The van der Waals surface area contributed by atoms with E-state index in [1.54, 1.807) is 0 Å². The maximum absolute atomic E-state index is 13.3. The SMILES string of the molecule is COc1cc(OC)c(/C=C/S(=O)(=O)Nc2ccc(OC)c(OC(=O)C(F)(F)C(F)(F)F)c2)c(OC)c1. The van der Waals surface area contributed by atoms with Gasteiger partial charge in [-0.25, -0.2) is 13.2 Å². The monoisotopic (exact) mass is 541 g/mol. The lowest BCUT2D eigenvalue weighted by molar-refractivity contribution is -0.276. The number of rotatable bonds is 10. The lowest BCUT2D eigenvalue weighted by Gasteiger charge is -2.18. The molecule has 0 bridgehead atoms. The molecule has 0 saturated heterocycles. The van der Waals surface area contributed by atoms with Gasteiger partial charge in [0.1, 0.15) is 17.2 Å². The van der Waals surface area contributed by atoms with Gasteiger partial charge in [-0.1, -0.05) is 0 Å². The zero-order chi connectivity index (χ0) is 27.3. The number of hydrogen-bond acceptors (Lipinski definition) is 8. The summed E-state index contributed by atoms with van der Waals surface area (Å²) in [6.07, 6.45) is -5.07. The van der Waals surface area contributed by atoms with E-state index in [1.165, 1.54) is 33.5 Å². The number of carbonyl (C=O) groups excluding carboxylic acids is 1. The minimum atomic E-state index is -6.20. The topological polar surface area (TPSA) is 109 Å². The summed E-state index contributed by atoms with van der Waals surface area (Å²) in [5.41, 5.74) is -0.114. The molecule has 2 aromatic rings. The summed E-state index contributed by atoms with van der Waals surface area (Å²) in [6, 6.07) is 5.73. The minimum absolute atomic E-state index is 0.210. The molecule has 0 aromatic heterocycles. The fourth-order valence-electron chi connectivity index (χ4n) is 2.65. The molecule has 0 heterocycles. The van der Waals surface area contributed by atoms with E-state index in [0.29, 0.717) is 17.2 Å². The zero-order valence-electron chi connectivity index (χ0n) is 19.1. The van der Waals surface area contributed by atoms with Crippen molar-refractivity contribution in [2.75, 3.05) is 33.2 Å². The number of esters is 1. The van der Waals surface area contributed by atoms with Crippen LogP contribution in [0.5, 0.6) is 28.7 Å². The van der Waals surface area contributed by atoms with Crippen molar-refractivity contribution in [3.05, 3.63) is 41.3 Å². The van der Waals surface area contributed by atoms with Gasteiger partial charge in [-0.05, 0) is 18.2 Å². The maximum atomic E-state index is 13.3. The number of benzene rings is 2. The number of carbonyl (C=O) groups is 1. The number of hydrogen-bond donors (Lipinski definition) is 1. The molecular formula is C21H20F5NO8S. The van der Waals surface area contributed by atoms with Gasteiger partial charge in [0, 0.05) is 18.2 Å². The molecule has 0 aliphatic heterocycles. The van der Waals surface area contributed by atoms with Gasteiger partial charge in [-0.3, -0.25) is 4.72 Å². The average Bonchev–Trinajstić information content (AvgIpc) is 2.81. The van der Waals surface area contributed by atoms with Gasteiger partial charge in [0.2, 0.25) is 0 Å². The van der Waals surface area contributed by atoms with E-state index in [2.05, 4.69) is 4.74 Å². The van der Waals surface area contributed by atoms with Crippen LogP contribution in [0.4, 0.5) is 27.6 Å². The summed E-state index contributed by atoms with van der Waals surface area (Å²) in [4.78, 5) is 11.4. The van der Waals surface area contributed by atoms with Crippen LogP contribution in [0.3, 0.4) is 0 Å². The maximum Gasteiger partial charge on any atom is 0.465 e. The van der Waals surface area contributed by atoms with E-state index < -0.39 is 39.6 Å². The van der Waals surface area contributed by atoms with E-state index in [4.69, 9.17) is 18.9 Å². The van der Waals surface area contributed by atoms with E-state index >= 15 is 0 Å². The Labute approximate surface area is 202 Å².